The highest BCUT2D eigenvalue weighted by Crippen LogP contribution is 2.19. The van der Waals surface area contributed by atoms with Crippen molar-refractivity contribution in [3.05, 3.63) is 89.9 Å². The highest BCUT2D eigenvalue weighted by molar-refractivity contribution is 6.02. The Kier molecular flexibility index (Phi) is 6.79. The molecule has 0 radical (unpaired) electrons. The fourth-order valence-electron chi connectivity index (χ4n) is 3.89. The highest BCUT2D eigenvalue weighted by Gasteiger charge is 2.25. The molecular weight excluding hydrogens is 390 g/mol. The minimum atomic E-state index is -0.289. The Morgan fingerprint density at radius 2 is 1.77 bits per heavy atom. The van der Waals surface area contributed by atoms with E-state index in [9.17, 15) is 9.59 Å². The number of nitrogens with one attached hydrogen (secondary N) is 2. The predicted molar refractivity (Wildman–Crippen MR) is 119 cm³/mol. The van der Waals surface area contributed by atoms with E-state index in [1.165, 1.54) is 11.8 Å². The van der Waals surface area contributed by atoms with E-state index in [2.05, 4.69) is 39.8 Å². The lowest BCUT2D eigenvalue weighted by molar-refractivity contribution is -0.126. The number of benzene rings is 2. The van der Waals surface area contributed by atoms with Gasteiger partial charge in [0.05, 0.1) is 12.2 Å². The van der Waals surface area contributed by atoms with E-state index < -0.39 is 0 Å². The summed E-state index contributed by atoms with van der Waals surface area (Å²) in [6.45, 7) is 3.18. The molecule has 2 N–H and O–H groups in total. The van der Waals surface area contributed by atoms with Gasteiger partial charge in [0.1, 0.15) is 0 Å². The van der Waals surface area contributed by atoms with Crippen molar-refractivity contribution in [1.82, 2.24) is 10.2 Å². The second-order valence-electron chi connectivity index (χ2n) is 7.91. The first-order chi connectivity index (χ1) is 15.2. The molecule has 160 valence electrons. The molecule has 0 aliphatic carbocycles. The van der Waals surface area contributed by atoms with Gasteiger partial charge in [0.15, 0.2) is 5.76 Å². The lowest BCUT2D eigenvalue weighted by Crippen LogP contribution is -2.42. The first kappa shape index (κ1) is 20.9. The SMILES string of the molecule is O=C(Nc1ccc(CNC(=O)C2CCCN(Cc3ccccc3)C2)cc1)c1ccco1. The molecule has 2 aromatic carbocycles. The number of nitrogens with zero attached hydrogens (tertiary/aromatic N) is 1. The summed E-state index contributed by atoms with van der Waals surface area (Å²) in [4.78, 5) is 27.1. The first-order valence-electron chi connectivity index (χ1n) is 10.6. The van der Waals surface area contributed by atoms with Crippen LogP contribution in [0.3, 0.4) is 0 Å². The summed E-state index contributed by atoms with van der Waals surface area (Å²) in [5.74, 6) is 0.103. The Hall–Kier alpha value is -3.38. The van der Waals surface area contributed by atoms with Crippen molar-refractivity contribution < 1.29 is 14.0 Å². The minimum absolute atomic E-state index is 0.0179. The summed E-state index contributed by atoms with van der Waals surface area (Å²) in [6.07, 6.45) is 3.43. The monoisotopic (exact) mass is 417 g/mol. The molecule has 6 heteroatoms. The zero-order valence-corrected chi connectivity index (χ0v) is 17.4. The number of anilines is 1. The molecular formula is C25H27N3O3. The van der Waals surface area contributed by atoms with Crippen molar-refractivity contribution in [2.24, 2.45) is 5.92 Å². The van der Waals surface area contributed by atoms with Crippen LogP contribution < -0.4 is 10.6 Å². The molecule has 2 amide bonds. The van der Waals surface area contributed by atoms with Crippen LogP contribution >= 0.6 is 0 Å². The van der Waals surface area contributed by atoms with Gasteiger partial charge >= 0.3 is 0 Å². The number of rotatable bonds is 7. The predicted octanol–water partition coefficient (Wildman–Crippen LogP) is 4.06. The van der Waals surface area contributed by atoms with Crippen molar-refractivity contribution in [3.8, 4) is 0 Å². The van der Waals surface area contributed by atoms with Gasteiger partial charge < -0.3 is 15.1 Å². The fraction of sp³-hybridized carbons (Fsp3) is 0.280. The largest absolute Gasteiger partial charge is 0.459 e. The topological polar surface area (TPSA) is 74.6 Å². The maximum atomic E-state index is 12.7. The third kappa shape index (κ3) is 5.83. The summed E-state index contributed by atoms with van der Waals surface area (Å²) in [5, 5.41) is 5.86. The maximum absolute atomic E-state index is 12.7. The van der Waals surface area contributed by atoms with Crippen LogP contribution in [0.2, 0.25) is 0 Å². The molecule has 0 bridgehead atoms. The van der Waals surface area contributed by atoms with Crippen LogP contribution in [-0.2, 0) is 17.9 Å². The number of piperidine rings is 1. The molecule has 1 unspecified atom stereocenters. The molecule has 6 nitrogen and oxygen atoms in total. The number of carbonyl (C=O) groups excluding carboxylic acids is 2. The average Bonchev–Trinajstić information content (AvgIpc) is 3.35. The number of furan rings is 1. The van der Waals surface area contributed by atoms with E-state index in [0.717, 1.165) is 38.0 Å². The van der Waals surface area contributed by atoms with Crippen molar-refractivity contribution in [1.29, 1.82) is 0 Å². The summed E-state index contributed by atoms with van der Waals surface area (Å²) >= 11 is 0. The molecule has 1 aliphatic rings. The van der Waals surface area contributed by atoms with Gasteiger partial charge in [-0.1, -0.05) is 42.5 Å². The van der Waals surface area contributed by atoms with E-state index in [1.807, 2.05) is 30.3 Å². The Bertz CT molecular complexity index is 985. The van der Waals surface area contributed by atoms with Crippen molar-refractivity contribution in [3.63, 3.8) is 0 Å². The second kappa shape index (κ2) is 10.1. The van der Waals surface area contributed by atoms with E-state index in [-0.39, 0.29) is 23.5 Å². The molecule has 1 atom stereocenters. The normalized spacial score (nSPS) is 16.6. The van der Waals surface area contributed by atoms with Gasteiger partial charge in [-0.05, 0) is 54.8 Å². The van der Waals surface area contributed by atoms with Crippen molar-refractivity contribution in [2.45, 2.75) is 25.9 Å². The third-order valence-electron chi connectivity index (χ3n) is 5.55. The molecule has 31 heavy (non-hydrogen) atoms. The Labute approximate surface area is 182 Å². The molecule has 4 rings (SSSR count). The fourth-order valence-corrected chi connectivity index (χ4v) is 3.89. The van der Waals surface area contributed by atoms with Gasteiger partial charge in [-0.15, -0.1) is 0 Å². The zero-order valence-electron chi connectivity index (χ0n) is 17.4. The van der Waals surface area contributed by atoms with Crippen LogP contribution in [0.15, 0.2) is 77.4 Å². The lowest BCUT2D eigenvalue weighted by Gasteiger charge is -2.32. The van der Waals surface area contributed by atoms with Gasteiger partial charge in [0, 0.05) is 25.3 Å². The molecule has 1 fully saturated rings. The Balaban J connectivity index is 1.25. The van der Waals surface area contributed by atoms with Crippen LogP contribution in [0.4, 0.5) is 5.69 Å². The standard InChI is InChI=1S/C25H27N3O3/c29-24(21-8-4-14-28(18-21)17-20-6-2-1-3-7-20)26-16-19-10-12-22(13-11-19)27-25(30)23-9-5-15-31-23/h1-3,5-7,9-13,15,21H,4,8,14,16-18H2,(H,26,29)(H,27,30). The van der Waals surface area contributed by atoms with Gasteiger partial charge in [-0.25, -0.2) is 0 Å². The van der Waals surface area contributed by atoms with E-state index in [0.29, 0.717) is 12.2 Å². The maximum Gasteiger partial charge on any atom is 0.291 e. The second-order valence-corrected chi connectivity index (χ2v) is 7.91. The minimum Gasteiger partial charge on any atom is -0.459 e. The quantitative estimate of drug-likeness (QED) is 0.608. The highest BCUT2D eigenvalue weighted by atomic mass is 16.3. The number of likely N-dealkylation sites (tertiary alicyclic amines) is 1. The summed E-state index contributed by atoms with van der Waals surface area (Å²) < 4.78 is 5.09. The first-order valence-corrected chi connectivity index (χ1v) is 10.6. The van der Waals surface area contributed by atoms with Crippen LogP contribution in [0.1, 0.15) is 34.5 Å². The number of carbonyl (C=O) groups is 2. The molecule has 1 aliphatic heterocycles. The van der Waals surface area contributed by atoms with Gasteiger partial charge in [0.25, 0.3) is 5.91 Å². The molecule has 0 spiro atoms. The smallest absolute Gasteiger partial charge is 0.291 e. The number of hydrogen-bond donors (Lipinski definition) is 2. The van der Waals surface area contributed by atoms with E-state index in [4.69, 9.17) is 4.42 Å². The van der Waals surface area contributed by atoms with Gasteiger partial charge in [-0.3, -0.25) is 14.5 Å². The van der Waals surface area contributed by atoms with Crippen LogP contribution in [0, 0.1) is 5.92 Å². The molecule has 3 aromatic rings. The van der Waals surface area contributed by atoms with Gasteiger partial charge in [-0.2, -0.15) is 0 Å². The van der Waals surface area contributed by atoms with Crippen LogP contribution in [0.5, 0.6) is 0 Å². The van der Waals surface area contributed by atoms with Crippen molar-refractivity contribution >= 4 is 17.5 Å². The molecule has 1 saturated heterocycles. The summed E-state index contributed by atoms with van der Waals surface area (Å²) in [5.41, 5.74) is 2.95. The summed E-state index contributed by atoms with van der Waals surface area (Å²) in [7, 11) is 0. The average molecular weight is 418 g/mol. The lowest BCUT2D eigenvalue weighted by atomic mass is 9.96. The number of hydrogen-bond acceptors (Lipinski definition) is 4. The Morgan fingerprint density at radius 3 is 2.52 bits per heavy atom. The number of amides is 2. The molecule has 1 aromatic heterocycles. The zero-order chi connectivity index (χ0) is 21.5. The Morgan fingerprint density at radius 1 is 0.968 bits per heavy atom. The van der Waals surface area contributed by atoms with Crippen LogP contribution in [0.25, 0.3) is 0 Å². The van der Waals surface area contributed by atoms with Crippen molar-refractivity contribution in [2.75, 3.05) is 18.4 Å². The summed E-state index contributed by atoms with van der Waals surface area (Å²) in [6, 6.07) is 21.1. The van der Waals surface area contributed by atoms with Gasteiger partial charge in [0.2, 0.25) is 5.91 Å². The third-order valence-corrected chi connectivity index (χ3v) is 5.55. The van der Waals surface area contributed by atoms with E-state index in [1.54, 1.807) is 12.1 Å². The van der Waals surface area contributed by atoms with E-state index >= 15 is 0 Å². The molecule has 2 heterocycles. The molecule has 0 saturated carbocycles. The van der Waals surface area contributed by atoms with Crippen LogP contribution in [-0.4, -0.2) is 29.8 Å².